The van der Waals surface area contributed by atoms with Crippen molar-refractivity contribution in [1.29, 1.82) is 0 Å². The molecule has 152 valence electrons. The number of benzene rings is 2. The van der Waals surface area contributed by atoms with E-state index in [9.17, 15) is 4.79 Å². The summed E-state index contributed by atoms with van der Waals surface area (Å²) in [6.07, 6.45) is 3.89. The van der Waals surface area contributed by atoms with Gasteiger partial charge < -0.3 is 0 Å². The summed E-state index contributed by atoms with van der Waals surface area (Å²) < 4.78 is 1.14. The molecule has 0 saturated carbocycles. The summed E-state index contributed by atoms with van der Waals surface area (Å²) in [5, 5.41) is 0.736. The number of amides is 1. The van der Waals surface area contributed by atoms with Gasteiger partial charge in [0, 0.05) is 12.4 Å². The van der Waals surface area contributed by atoms with Gasteiger partial charge in [0.05, 0.1) is 23.2 Å². The number of aryl methyl sites for hydroxylation is 4. The molecule has 0 atom stereocenters. The summed E-state index contributed by atoms with van der Waals surface area (Å²) in [4.78, 5) is 24.3. The second-order valence-corrected chi connectivity index (χ2v) is 8.79. The van der Waals surface area contributed by atoms with Gasteiger partial charge >= 0.3 is 0 Å². The molecule has 0 saturated heterocycles. The van der Waals surface area contributed by atoms with E-state index in [1.807, 2.05) is 18.2 Å². The second kappa shape index (κ2) is 8.36. The van der Waals surface area contributed by atoms with Crippen LogP contribution in [0.3, 0.4) is 0 Å². The van der Waals surface area contributed by atoms with Gasteiger partial charge in [-0.15, -0.1) is 0 Å². The van der Waals surface area contributed by atoms with Crippen LogP contribution in [-0.2, 0) is 17.8 Å². The number of carbonyl (C=O) groups excluding carboxylic acids is 1. The standard InChI is InChI=1S/C25H25N3OS/c1-16-9-10-20(12-19(16)4)13-22(29)28(15-21-6-5-11-26-14-21)25-27-23-17(2)7-8-18(3)24(23)30-25/h5-12,14H,13,15H2,1-4H3. The summed E-state index contributed by atoms with van der Waals surface area (Å²) in [5.41, 5.74) is 7.72. The van der Waals surface area contributed by atoms with Gasteiger partial charge in [-0.2, -0.15) is 0 Å². The van der Waals surface area contributed by atoms with Gasteiger partial charge in [0.2, 0.25) is 5.91 Å². The lowest BCUT2D eigenvalue weighted by Crippen LogP contribution is -2.31. The predicted molar refractivity (Wildman–Crippen MR) is 124 cm³/mol. The summed E-state index contributed by atoms with van der Waals surface area (Å²) in [6, 6.07) is 14.3. The molecule has 1 amide bonds. The molecule has 0 fully saturated rings. The molecule has 0 radical (unpaired) electrons. The van der Waals surface area contributed by atoms with Crippen LogP contribution >= 0.6 is 11.3 Å². The van der Waals surface area contributed by atoms with E-state index in [0.717, 1.165) is 32.0 Å². The second-order valence-electron chi connectivity index (χ2n) is 7.81. The zero-order chi connectivity index (χ0) is 21.3. The fourth-order valence-corrected chi connectivity index (χ4v) is 4.61. The minimum absolute atomic E-state index is 0.0384. The molecule has 0 spiro atoms. The van der Waals surface area contributed by atoms with Crippen molar-refractivity contribution in [2.24, 2.45) is 0 Å². The number of fused-ring (bicyclic) bond motifs is 1. The Labute approximate surface area is 181 Å². The van der Waals surface area contributed by atoms with Crippen molar-refractivity contribution in [3.05, 3.63) is 88.2 Å². The number of carbonyl (C=O) groups is 1. The summed E-state index contributed by atoms with van der Waals surface area (Å²) in [7, 11) is 0. The minimum atomic E-state index is 0.0384. The van der Waals surface area contributed by atoms with Crippen LogP contribution in [0, 0.1) is 27.7 Å². The lowest BCUT2D eigenvalue weighted by atomic mass is 10.0. The molecule has 2 aromatic heterocycles. The molecule has 5 heteroatoms. The van der Waals surface area contributed by atoms with Crippen molar-refractivity contribution in [3.63, 3.8) is 0 Å². The summed E-state index contributed by atoms with van der Waals surface area (Å²) in [5.74, 6) is 0.0384. The average molecular weight is 416 g/mol. The third-order valence-electron chi connectivity index (χ3n) is 5.45. The van der Waals surface area contributed by atoms with E-state index in [1.54, 1.807) is 28.6 Å². The summed E-state index contributed by atoms with van der Waals surface area (Å²) in [6.45, 7) is 8.77. The predicted octanol–water partition coefficient (Wildman–Crippen LogP) is 5.70. The number of hydrogen-bond donors (Lipinski definition) is 0. The maximum atomic E-state index is 13.4. The van der Waals surface area contributed by atoms with E-state index in [-0.39, 0.29) is 5.91 Å². The molecule has 4 rings (SSSR count). The van der Waals surface area contributed by atoms with Gasteiger partial charge in [0.25, 0.3) is 0 Å². The van der Waals surface area contributed by atoms with E-state index in [2.05, 4.69) is 56.9 Å². The first-order valence-corrected chi connectivity index (χ1v) is 10.9. The third-order valence-corrected chi connectivity index (χ3v) is 6.67. The highest BCUT2D eigenvalue weighted by molar-refractivity contribution is 7.22. The highest BCUT2D eigenvalue weighted by Crippen LogP contribution is 2.34. The average Bonchev–Trinajstić information content (AvgIpc) is 3.19. The van der Waals surface area contributed by atoms with Gasteiger partial charge in [-0.1, -0.05) is 47.7 Å². The third kappa shape index (κ3) is 4.12. The number of thiazole rings is 1. The van der Waals surface area contributed by atoms with Crippen LogP contribution in [0.25, 0.3) is 10.2 Å². The van der Waals surface area contributed by atoms with E-state index in [0.29, 0.717) is 13.0 Å². The first-order valence-electron chi connectivity index (χ1n) is 10.0. The molecule has 0 unspecified atom stereocenters. The van der Waals surface area contributed by atoms with Gasteiger partial charge in [0.15, 0.2) is 5.13 Å². The topological polar surface area (TPSA) is 46.1 Å². The first-order chi connectivity index (χ1) is 14.4. The first kappa shape index (κ1) is 20.2. The quantitative estimate of drug-likeness (QED) is 0.420. The van der Waals surface area contributed by atoms with Crippen LogP contribution in [0.2, 0.25) is 0 Å². The van der Waals surface area contributed by atoms with Gasteiger partial charge in [-0.05, 0) is 67.1 Å². The van der Waals surface area contributed by atoms with Crippen molar-refractivity contribution >= 4 is 32.6 Å². The van der Waals surface area contributed by atoms with Gasteiger partial charge in [-0.3, -0.25) is 14.7 Å². The molecule has 0 aliphatic carbocycles. The molecule has 0 aliphatic rings. The Balaban J connectivity index is 1.72. The smallest absolute Gasteiger partial charge is 0.233 e. The van der Waals surface area contributed by atoms with Crippen LogP contribution in [0.1, 0.15) is 33.4 Å². The van der Waals surface area contributed by atoms with E-state index in [1.165, 1.54) is 16.7 Å². The molecule has 2 aromatic carbocycles. The van der Waals surface area contributed by atoms with Crippen LogP contribution in [0.4, 0.5) is 5.13 Å². The van der Waals surface area contributed by atoms with E-state index < -0.39 is 0 Å². The molecule has 0 bridgehead atoms. The molecule has 4 aromatic rings. The fourth-order valence-electron chi connectivity index (χ4n) is 3.48. The van der Waals surface area contributed by atoms with Crippen molar-refractivity contribution < 1.29 is 4.79 Å². The zero-order valence-corrected chi connectivity index (χ0v) is 18.6. The minimum Gasteiger partial charge on any atom is -0.283 e. The molecular formula is C25H25N3OS. The molecular weight excluding hydrogens is 390 g/mol. The Morgan fingerprint density at radius 1 is 0.933 bits per heavy atom. The molecule has 4 nitrogen and oxygen atoms in total. The molecule has 30 heavy (non-hydrogen) atoms. The highest BCUT2D eigenvalue weighted by atomic mass is 32.1. The Bertz CT molecular complexity index is 1180. The highest BCUT2D eigenvalue weighted by Gasteiger charge is 2.22. The maximum absolute atomic E-state index is 13.4. The van der Waals surface area contributed by atoms with Crippen molar-refractivity contribution in [2.75, 3.05) is 4.90 Å². The van der Waals surface area contributed by atoms with Gasteiger partial charge in [0.1, 0.15) is 0 Å². The van der Waals surface area contributed by atoms with E-state index in [4.69, 9.17) is 4.98 Å². The number of anilines is 1. The number of nitrogens with zero attached hydrogens (tertiary/aromatic N) is 3. The van der Waals surface area contributed by atoms with Crippen LogP contribution in [0.5, 0.6) is 0 Å². The lowest BCUT2D eigenvalue weighted by molar-refractivity contribution is -0.118. The molecule has 0 N–H and O–H groups in total. The lowest BCUT2D eigenvalue weighted by Gasteiger charge is -2.20. The van der Waals surface area contributed by atoms with Crippen LogP contribution < -0.4 is 4.90 Å². The largest absolute Gasteiger partial charge is 0.283 e. The van der Waals surface area contributed by atoms with Crippen LogP contribution in [-0.4, -0.2) is 15.9 Å². The van der Waals surface area contributed by atoms with Crippen LogP contribution in [0.15, 0.2) is 54.9 Å². The number of rotatable bonds is 5. The Morgan fingerprint density at radius 2 is 1.70 bits per heavy atom. The molecule has 0 aliphatic heterocycles. The molecule has 2 heterocycles. The van der Waals surface area contributed by atoms with Crippen molar-refractivity contribution in [2.45, 2.75) is 40.7 Å². The number of hydrogen-bond acceptors (Lipinski definition) is 4. The summed E-state index contributed by atoms with van der Waals surface area (Å²) >= 11 is 1.58. The van der Waals surface area contributed by atoms with E-state index >= 15 is 0 Å². The zero-order valence-electron chi connectivity index (χ0n) is 17.8. The maximum Gasteiger partial charge on any atom is 0.233 e. The fraction of sp³-hybridized carbons (Fsp3) is 0.240. The normalized spacial score (nSPS) is 11.1. The Morgan fingerprint density at radius 3 is 2.40 bits per heavy atom. The van der Waals surface area contributed by atoms with Gasteiger partial charge in [-0.25, -0.2) is 4.98 Å². The Hall–Kier alpha value is -3.05. The SMILES string of the molecule is Cc1ccc(CC(=O)N(Cc2cccnc2)c2nc3c(C)ccc(C)c3s2)cc1C. The van der Waals surface area contributed by atoms with Crippen molar-refractivity contribution in [1.82, 2.24) is 9.97 Å². The number of aromatic nitrogens is 2. The number of pyridine rings is 1. The Kier molecular flexibility index (Phi) is 5.64. The monoisotopic (exact) mass is 415 g/mol. The van der Waals surface area contributed by atoms with Crippen molar-refractivity contribution in [3.8, 4) is 0 Å².